The molecule has 24 heavy (non-hydrogen) atoms. The quantitative estimate of drug-likeness (QED) is 0.860. The molecule has 0 aliphatic heterocycles. The minimum atomic E-state index is -4.50. The number of hydrogen-bond acceptors (Lipinski definition) is 4. The predicted octanol–water partition coefficient (Wildman–Crippen LogP) is 2.15. The number of hydrogen-bond donors (Lipinski definition) is 0. The van der Waals surface area contributed by atoms with Crippen molar-refractivity contribution in [3.63, 3.8) is 0 Å². The molecule has 2 aromatic rings. The fourth-order valence-corrected chi connectivity index (χ4v) is 2.80. The maximum Gasteiger partial charge on any atom is 0.435 e. The molecule has 1 amide bonds. The molecule has 0 bridgehead atoms. The SMILES string of the molecule is Cc1ccc(N(C)C(=O)Cn2nc(C(F)(F)F)c3c2CCC3)nn1. The largest absolute Gasteiger partial charge is 0.435 e. The number of nitrogens with zero attached hydrogens (tertiary/aromatic N) is 5. The second-order valence-corrected chi connectivity index (χ2v) is 5.77. The van der Waals surface area contributed by atoms with Crippen LogP contribution >= 0.6 is 0 Å². The molecule has 2 aromatic heterocycles. The van der Waals surface area contributed by atoms with Crippen molar-refractivity contribution in [3.8, 4) is 0 Å². The van der Waals surface area contributed by atoms with Crippen LogP contribution in [-0.4, -0.2) is 32.9 Å². The molecule has 0 aromatic carbocycles. The summed E-state index contributed by atoms with van der Waals surface area (Å²) in [5.41, 5.74) is 0.548. The van der Waals surface area contributed by atoms with E-state index < -0.39 is 17.8 Å². The van der Waals surface area contributed by atoms with E-state index in [1.807, 2.05) is 0 Å². The molecule has 6 nitrogen and oxygen atoms in total. The molecule has 1 aliphatic rings. The first kappa shape index (κ1) is 16.4. The van der Waals surface area contributed by atoms with E-state index in [-0.39, 0.29) is 12.1 Å². The Morgan fingerprint density at radius 1 is 1.29 bits per heavy atom. The van der Waals surface area contributed by atoms with Crippen molar-refractivity contribution in [2.45, 2.75) is 38.9 Å². The van der Waals surface area contributed by atoms with E-state index in [0.717, 1.165) is 0 Å². The van der Waals surface area contributed by atoms with Gasteiger partial charge in [0.15, 0.2) is 11.5 Å². The Morgan fingerprint density at radius 3 is 2.67 bits per heavy atom. The summed E-state index contributed by atoms with van der Waals surface area (Å²) in [6.07, 6.45) is -3.02. The van der Waals surface area contributed by atoms with Crippen LogP contribution < -0.4 is 4.90 Å². The summed E-state index contributed by atoms with van der Waals surface area (Å²) in [5, 5.41) is 11.4. The first-order valence-electron chi connectivity index (χ1n) is 7.50. The number of alkyl halides is 3. The van der Waals surface area contributed by atoms with Gasteiger partial charge in [-0.1, -0.05) is 0 Å². The summed E-state index contributed by atoms with van der Waals surface area (Å²) in [7, 11) is 1.51. The lowest BCUT2D eigenvalue weighted by Crippen LogP contribution is -2.31. The van der Waals surface area contributed by atoms with E-state index in [1.165, 1.54) is 16.6 Å². The number of amides is 1. The van der Waals surface area contributed by atoms with Crippen LogP contribution in [0.25, 0.3) is 0 Å². The molecule has 0 saturated carbocycles. The minimum absolute atomic E-state index is 0.216. The Balaban J connectivity index is 1.83. The van der Waals surface area contributed by atoms with E-state index in [4.69, 9.17) is 0 Å². The van der Waals surface area contributed by atoms with Crippen LogP contribution in [0.1, 0.15) is 29.1 Å². The Kier molecular flexibility index (Phi) is 4.02. The van der Waals surface area contributed by atoms with E-state index in [9.17, 15) is 18.0 Å². The van der Waals surface area contributed by atoms with Crippen LogP contribution in [-0.2, 0) is 30.4 Å². The normalized spacial score (nSPS) is 13.9. The van der Waals surface area contributed by atoms with Gasteiger partial charge in [0.1, 0.15) is 6.54 Å². The van der Waals surface area contributed by atoms with Crippen LogP contribution in [0, 0.1) is 6.92 Å². The average Bonchev–Trinajstić information content (AvgIpc) is 3.10. The van der Waals surface area contributed by atoms with Crippen LogP contribution in [0.15, 0.2) is 12.1 Å². The summed E-state index contributed by atoms with van der Waals surface area (Å²) < 4.78 is 40.4. The van der Waals surface area contributed by atoms with Gasteiger partial charge in [-0.2, -0.15) is 23.4 Å². The van der Waals surface area contributed by atoms with Crippen LogP contribution in [0.4, 0.5) is 19.0 Å². The van der Waals surface area contributed by atoms with Gasteiger partial charge in [0, 0.05) is 18.3 Å². The molecule has 0 spiro atoms. The van der Waals surface area contributed by atoms with Crippen molar-refractivity contribution < 1.29 is 18.0 Å². The lowest BCUT2D eigenvalue weighted by molar-refractivity contribution is -0.142. The lowest BCUT2D eigenvalue weighted by Gasteiger charge is -2.16. The lowest BCUT2D eigenvalue weighted by atomic mass is 10.2. The molecular weight excluding hydrogens is 323 g/mol. The topological polar surface area (TPSA) is 63.9 Å². The van der Waals surface area contributed by atoms with Crippen LogP contribution in [0.2, 0.25) is 0 Å². The molecule has 128 valence electrons. The number of aryl methyl sites for hydroxylation is 1. The third-order valence-corrected chi connectivity index (χ3v) is 4.06. The molecule has 0 atom stereocenters. The third kappa shape index (κ3) is 2.98. The van der Waals surface area contributed by atoms with Gasteiger partial charge in [0.2, 0.25) is 5.91 Å². The smallest absolute Gasteiger partial charge is 0.297 e. The fraction of sp³-hybridized carbons (Fsp3) is 0.467. The zero-order chi connectivity index (χ0) is 17.5. The van der Waals surface area contributed by atoms with E-state index >= 15 is 0 Å². The minimum Gasteiger partial charge on any atom is -0.297 e. The number of fused-ring (bicyclic) bond motifs is 1. The highest BCUT2D eigenvalue weighted by atomic mass is 19.4. The molecule has 0 N–H and O–H groups in total. The van der Waals surface area contributed by atoms with E-state index in [0.29, 0.717) is 36.5 Å². The van der Waals surface area contributed by atoms with Gasteiger partial charge in [-0.05, 0) is 38.3 Å². The van der Waals surface area contributed by atoms with Crippen LogP contribution in [0.5, 0.6) is 0 Å². The number of anilines is 1. The summed E-state index contributed by atoms with van der Waals surface area (Å²) in [4.78, 5) is 13.6. The van der Waals surface area contributed by atoms with E-state index in [1.54, 1.807) is 19.1 Å². The number of aromatic nitrogens is 4. The Morgan fingerprint density at radius 2 is 2.04 bits per heavy atom. The zero-order valence-electron chi connectivity index (χ0n) is 13.3. The summed E-state index contributed by atoms with van der Waals surface area (Å²) in [6, 6.07) is 3.34. The van der Waals surface area contributed by atoms with Gasteiger partial charge in [0.25, 0.3) is 0 Å². The van der Waals surface area contributed by atoms with Crippen molar-refractivity contribution >= 4 is 11.7 Å². The standard InChI is InChI=1S/C15H16F3N5O/c1-9-6-7-12(20-19-9)22(2)13(24)8-23-11-5-3-4-10(11)14(21-23)15(16,17)18/h6-7H,3-5,8H2,1-2H3. The van der Waals surface area contributed by atoms with Crippen LogP contribution in [0.3, 0.4) is 0 Å². The maximum atomic E-state index is 13.1. The second kappa shape index (κ2) is 5.88. The summed E-state index contributed by atoms with van der Waals surface area (Å²) >= 11 is 0. The Bertz CT molecular complexity index is 767. The second-order valence-electron chi connectivity index (χ2n) is 5.77. The maximum absolute atomic E-state index is 13.1. The van der Waals surface area contributed by atoms with Crippen molar-refractivity contribution in [2.75, 3.05) is 11.9 Å². The molecule has 3 rings (SSSR count). The number of likely N-dealkylation sites (N-methyl/N-ethyl adjacent to an activating group) is 1. The van der Waals surface area contributed by atoms with Gasteiger partial charge in [-0.15, -0.1) is 5.10 Å². The van der Waals surface area contributed by atoms with Crippen molar-refractivity contribution in [1.29, 1.82) is 0 Å². The highest BCUT2D eigenvalue weighted by Crippen LogP contribution is 2.36. The van der Waals surface area contributed by atoms with E-state index in [2.05, 4.69) is 15.3 Å². The van der Waals surface area contributed by atoms with Gasteiger partial charge in [0.05, 0.1) is 5.69 Å². The Hall–Kier alpha value is -2.45. The highest BCUT2D eigenvalue weighted by molar-refractivity contribution is 5.91. The highest BCUT2D eigenvalue weighted by Gasteiger charge is 2.40. The molecule has 2 heterocycles. The molecule has 9 heteroatoms. The molecule has 0 saturated heterocycles. The van der Waals surface area contributed by atoms with Crippen molar-refractivity contribution in [3.05, 3.63) is 34.8 Å². The van der Waals surface area contributed by atoms with Gasteiger partial charge in [-0.3, -0.25) is 14.4 Å². The van der Waals surface area contributed by atoms with Gasteiger partial charge < -0.3 is 0 Å². The average molecular weight is 339 g/mol. The number of carbonyl (C=O) groups is 1. The van der Waals surface area contributed by atoms with Gasteiger partial charge >= 0.3 is 6.18 Å². The fourth-order valence-electron chi connectivity index (χ4n) is 2.80. The summed E-state index contributed by atoms with van der Waals surface area (Å²) in [5.74, 6) is -0.0653. The third-order valence-electron chi connectivity index (χ3n) is 4.06. The van der Waals surface area contributed by atoms with Crippen molar-refractivity contribution in [1.82, 2.24) is 20.0 Å². The number of carbonyl (C=O) groups excluding carboxylic acids is 1. The first-order valence-corrected chi connectivity index (χ1v) is 7.50. The number of halogens is 3. The van der Waals surface area contributed by atoms with Gasteiger partial charge in [-0.25, -0.2) is 0 Å². The zero-order valence-corrected chi connectivity index (χ0v) is 13.3. The van der Waals surface area contributed by atoms with Crippen molar-refractivity contribution in [2.24, 2.45) is 0 Å². The first-order chi connectivity index (χ1) is 11.3. The Labute approximate surface area is 136 Å². The molecular formula is C15H16F3N5O. The predicted molar refractivity (Wildman–Crippen MR) is 79.4 cm³/mol. The number of rotatable bonds is 3. The molecule has 1 aliphatic carbocycles. The monoisotopic (exact) mass is 339 g/mol. The molecule has 0 unspecified atom stereocenters. The molecule has 0 radical (unpaired) electrons. The molecule has 0 fully saturated rings. The summed E-state index contributed by atoms with van der Waals surface area (Å²) in [6.45, 7) is 1.51.